The SMILES string of the molecule is CC(C)C(N)=O.C[S+](C)[O-]. The first-order chi connectivity index (χ1) is 4.37. The molecule has 0 aliphatic carbocycles. The maximum absolute atomic E-state index is 9.92. The zero-order valence-electron chi connectivity index (χ0n) is 6.88. The normalized spacial score (nSPS) is 9.10. The summed E-state index contributed by atoms with van der Waals surface area (Å²) >= 11 is -0.611. The van der Waals surface area contributed by atoms with Gasteiger partial charge in [0.2, 0.25) is 5.91 Å². The molecule has 0 aromatic heterocycles. The number of amides is 1. The molecule has 2 N–H and O–H groups in total. The van der Waals surface area contributed by atoms with Crippen LogP contribution in [0.4, 0.5) is 0 Å². The Morgan fingerprint density at radius 3 is 1.60 bits per heavy atom. The van der Waals surface area contributed by atoms with E-state index in [2.05, 4.69) is 0 Å². The lowest BCUT2D eigenvalue weighted by Gasteiger charge is -1.90. The Hall–Kier alpha value is -0.220. The molecule has 62 valence electrons. The predicted molar refractivity (Wildman–Crippen MR) is 44.0 cm³/mol. The van der Waals surface area contributed by atoms with Crippen molar-refractivity contribution < 1.29 is 9.35 Å². The minimum absolute atomic E-state index is 0.00926. The van der Waals surface area contributed by atoms with Crippen molar-refractivity contribution in [3.8, 4) is 0 Å². The minimum atomic E-state index is -0.611. The van der Waals surface area contributed by atoms with Crippen LogP contribution in [0, 0.1) is 5.92 Å². The Kier molecular flexibility index (Phi) is 8.59. The predicted octanol–water partition coefficient (Wildman–Crippen LogP) is 0.122. The zero-order chi connectivity index (χ0) is 8.73. The summed E-state index contributed by atoms with van der Waals surface area (Å²) in [6, 6.07) is 0. The van der Waals surface area contributed by atoms with Crippen LogP contribution in [-0.4, -0.2) is 23.0 Å². The molecule has 0 unspecified atom stereocenters. The zero-order valence-corrected chi connectivity index (χ0v) is 7.70. The van der Waals surface area contributed by atoms with Crippen LogP contribution in [0.15, 0.2) is 0 Å². The molecule has 0 aliphatic rings. The molecule has 4 heteroatoms. The second-order valence-corrected chi connectivity index (χ2v) is 3.78. The molecule has 0 aliphatic heterocycles. The van der Waals surface area contributed by atoms with E-state index in [-0.39, 0.29) is 11.8 Å². The number of carbonyl (C=O) groups is 1. The summed E-state index contributed by atoms with van der Waals surface area (Å²) in [5, 5.41) is 0. The van der Waals surface area contributed by atoms with Gasteiger partial charge in [-0.25, -0.2) is 0 Å². The van der Waals surface area contributed by atoms with Crippen molar-refractivity contribution in [1.82, 2.24) is 0 Å². The molecule has 0 aromatic carbocycles. The fraction of sp³-hybridized carbons (Fsp3) is 0.833. The van der Waals surface area contributed by atoms with Crippen LogP contribution in [0.3, 0.4) is 0 Å². The lowest BCUT2D eigenvalue weighted by Crippen LogP contribution is -2.17. The summed E-state index contributed by atoms with van der Waals surface area (Å²) in [5.41, 5.74) is 4.80. The van der Waals surface area contributed by atoms with Crippen LogP contribution in [0.25, 0.3) is 0 Å². The molecule has 0 atom stereocenters. The van der Waals surface area contributed by atoms with Crippen LogP contribution < -0.4 is 5.73 Å². The van der Waals surface area contributed by atoms with Crippen LogP contribution in [-0.2, 0) is 16.0 Å². The highest BCUT2D eigenvalue weighted by atomic mass is 32.2. The molecular weight excluding hydrogens is 150 g/mol. The van der Waals surface area contributed by atoms with Crippen LogP contribution in [0.1, 0.15) is 13.8 Å². The van der Waals surface area contributed by atoms with Crippen molar-refractivity contribution in [1.29, 1.82) is 0 Å². The maximum Gasteiger partial charge on any atom is 0.219 e. The Morgan fingerprint density at radius 1 is 1.50 bits per heavy atom. The Bertz CT molecular complexity index is 91.0. The second kappa shape index (κ2) is 6.89. The average Bonchev–Trinajstić information content (AvgIpc) is 1.63. The average molecular weight is 165 g/mol. The number of carbonyl (C=O) groups excluding carboxylic acids is 1. The van der Waals surface area contributed by atoms with E-state index in [1.165, 1.54) is 0 Å². The van der Waals surface area contributed by atoms with Gasteiger partial charge in [0.05, 0.1) is 12.5 Å². The van der Waals surface area contributed by atoms with Gasteiger partial charge in [0.25, 0.3) is 0 Å². The van der Waals surface area contributed by atoms with Gasteiger partial charge in [-0.3, -0.25) is 4.79 Å². The molecule has 0 saturated heterocycles. The van der Waals surface area contributed by atoms with Crippen molar-refractivity contribution in [2.75, 3.05) is 12.5 Å². The topological polar surface area (TPSA) is 66.2 Å². The van der Waals surface area contributed by atoms with Crippen molar-refractivity contribution in [2.45, 2.75) is 13.8 Å². The van der Waals surface area contributed by atoms with Crippen molar-refractivity contribution in [2.24, 2.45) is 11.7 Å². The fourth-order valence-electron chi connectivity index (χ4n) is 0. The first-order valence-corrected chi connectivity index (χ1v) is 4.89. The molecule has 1 amide bonds. The number of primary amides is 1. The third-order valence-corrected chi connectivity index (χ3v) is 0.569. The third kappa shape index (κ3) is 25.0. The highest BCUT2D eigenvalue weighted by Gasteiger charge is 1.96. The highest BCUT2D eigenvalue weighted by molar-refractivity contribution is 7.89. The first-order valence-electron chi connectivity index (χ1n) is 2.92. The molecule has 0 saturated carbocycles. The fourth-order valence-corrected chi connectivity index (χ4v) is 0. The lowest BCUT2D eigenvalue weighted by molar-refractivity contribution is -0.120. The Morgan fingerprint density at radius 2 is 1.60 bits per heavy atom. The number of rotatable bonds is 1. The standard InChI is InChI=1S/C4H9NO.C2H6OS/c1-3(2)4(5)6;1-4(2)3/h3H,1-2H3,(H2,5,6);1-2H3. The smallest absolute Gasteiger partial charge is 0.219 e. The summed E-state index contributed by atoms with van der Waals surface area (Å²) < 4.78 is 9.56. The summed E-state index contributed by atoms with van der Waals surface area (Å²) in [5.74, 6) is -0.250. The number of hydrogen-bond donors (Lipinski definition) is 1. The lowest BCUT2D eigenvalue weighted by atomic mass is 10.2. The molecule has 3 nitrogen and oxygen atoms in total. The monoisotopic (exact) mass is 165 g/mol. The first kappa shape index (κ1) is 12.5. The minimum Gasteiger partial charge on any atom is -0.617 e. The molecule has 0 aromatic rings. The number of nitrogens with two attached hydrogens (primary N) is 1. The number of hydrogen-bond acceptors (Lipinski definition) is 2. The van der Waals surface area contributed by atoms with Crippen LogP contribution in [0.5, 0.6) is 0 Å². The molecule has 0 rings (SSSR count). The van der Waals surface area contributed by atoms with Gasteiger partial charge >= 0.3 is 0 Å². The van der Waals surface area contributed by atoms with E-state index in [0.29, 0.717) is 0 Å². The van der Waals surface area contributed by atoms with Gasteiger partial charge in [-0.2, -0.15) is 0 Å². The summed E-state index contributed by atoms with van der Waals surface area (Å²) in [6.07, 6.45) is 3.28. The van der Waals surface area contributed by atoms with E-state index >= 15 is 0 Å². The van der Waals surface area contributed by atoms with E-state index in [1.807, 2.05) is 0 Å². The summed E-state index contributed by atoms with van der Waals surface area (Å²) in [4.78, 5) is 9.92. The van der Waals surface area contributed by atoms with Gasteiger partial charge in [-0.15, -0.1) is 0 Å². The molecular formula is C6H15NO2S. The summed E-state index contributed by atoms with van der Waals surface area (Å²) in [6.45, 7) is 3.53. The van der Waals surface area contributed by atoms with E-state index in [0.717, 1.165) is 0 Å². The molecule has 10 heavy (non-hydrogen) atoms. The van der Waals surface area contributed by atoms with E-state index in [9.17, 15) is 9.35 Å². The largest absolute Gasteiger partial charge is 0.617 e. The molecule has 0 radical (unpaired) electrons. The maximum atomic E-state index is 9.92. The van der Waals surface area contributed by atoms with Gasteiger partial charge in [-0.05, 0) is 0 Å². The van der Waals surface area contributed by atoms with Crippen molar-refractivity contribution in [3.63, 3.8) is 0 Å². The molecule has 0 spiro atoms. The molecule has 0 bridgehead atoms. The van der Waals surface area contributed by atoms with Gasteiger partial charge in [-0.1, -0.05) is 25.0 Å². The Labute approximate surface area is 65.2 Å². The van der Waals surface area contributed by atoms with Crippen LogP contribution in [0.2, 0.25) is 0 Å². The van der Waals surface area contributed by atoms with Crippen molar-refractivity contribution in [3.05, 3.63) is 0 Å². The molecule has 0 heterocycles. The highest BCUT2D eigenvalue weighted by Crippen LogP contribution is 1.84. The summed E-state index contributed by atoms with van der Waals surface area (Å²) in [7, 11) is 0. The van der Waals surface area contributed by atoms with Gasteiger partial charge in [0, 0.05) is 5.92 Å². The van der Waals surface area contributed by atoms with E-state index in [1.54, 1.807) is 26.4 Å². The van der Waals surface area contributed by atoms with Gasteiger partial charge in [0.1, 0.15) is 0 Å². The van der Waals surface area contributed by atoms with E-state index in [4.69, 9.17) is 5.73 Å². The van der Waals surface area contributed by atoms with Crippen molar-refractivity contribution >= 4 is 17.1 Å². The van der Waals surface area contributed by atoms with Gasteiger partial charge in [0.15, 0.2) is 0 Å². The van der Waals surface area contributed by atoms with Gasteiger partial charge < -0.3 is 10.3 Å². The second-order valence-electron chi connectivity index (χ2n) is 2.30. The Balaban J connectivity index is 0. The quantitative estimate of drug-likeness (QED) is 0.561. The van der Waals surface area contributed by atoms with E-state index < -0.39 is 11.2 Å². The molecule has 0 fully saturated rings. The third-order valence-electron chi connectivity index (χ3n) is 0.569. The van der Waals surface area contributed by atoms with Crippen LogP contribution >= 0.6 is 0 Å².